The van der Waals surface area contributed by atoms with Gasteiger partial charge in [-0.3, -0.25) is 4.57 Å². The van der Waals surface area contributed by atoms with Crippen molar-refractivity contribution in [3.8, 4) is 17.3 Å². The SMILES string of the molecule is CC(C)(C)c1cc(N2CN(c3cccc(Oc4ccc5c6cc(C(C)(C)c7ccccc7)ccc6n(-c6cc(C(C)(C)C)ccn6)c5c4)c3)c3cc(C(C)(C)C)ccc32)cc(C(C)(C)c2ccccc2)c1. The molecule has 7 aromatic carbocycles. The van der Waals surface area contributed by atoms with E-state index in [0.29, 0.717) is 6.67 Å². The van der Waals surface area contributed by atoms with Gasteiger partial charge in [-0.2, -0.15) is 0 Å². The van der Waals surface area contributed by atoms with Crippen LogP contribution in [0.3, 0.4) is 0 Å². The van der Waals surface area contributed by atoms with E-state index in [1.165, 1.54) is 61.4 Å². The first-order chi connectivity index (χ1) is 33.6. The van der Waals surface area contributed by atoms with Gasteiger partial charge >= 0.3 is 0 Å². The second-order valence-electron chi connectivity index (χ2n) is 24.0. The molecule has 0 saturated heterocycles. The molecule has 0 bridgehead atoms. The number of hydrogen-bond donors (Lipinski definition) is 0. The van der Waals surface area contributed by atoms with Crippen molar-refractivity contribution in [2.75, 3.05) is 16.5 Å². The summed E-state index contributed by atoms with van der Waals surface area (Å²) in [5.41, 5.74) is 15.3. The maximum Gasteiger partial charge on any atom is 0.137 e. The Hall–Kier alpha value is -7.11. The lowest BCUT2D eigenvalue weighted by Crippen LogP contribution is -2.26. The summed E-state index contributed by atoms with van der Waals surface area (Å²) in [5.74, 6) is 2.43. The van der Waals surface area contributed by atoms with Crippen molar-refractivity contribution in [3.05, 3.63) is 215 Å². The van der Waals surface area contributed by atoms with Crippen molar-refractivity contribution in [2.45, 2.75) is 117 Å². The van der Waals surface area contributed by atoms with Gasteiger partial charge < -0.3 is 14.5 Å². The molecule has 360 valence electrons. The third-order valence-corrected chi connectivity index (χ3v) is 15.2. The quantitative estimate of drug-likeness (QED) is 0.144. The second-order valence-corrected chi connectivity index (χ2v) is 24.0. The van der Waals surface area contributed by atoms with Crippen LogP contribution in [-0.4, -0.2) is 16.2 Å². The van der Waals surface area contributed by atoms with Gasteiger partial charge in [0.25, 0.3) is 0 Å². The van der Waals surface area contributed by atoms with Crippen molar-refractivity contribution < 1.29 is 4.74 Å². The monoisotopic (exact) mass is 935 g/mol. The van der Waals surface area contributed by atoms with Crippen LogP contribution in [0.15, 0.2) is 176 Å². The van der Waals surface area contributed by atoms with Crippen LogP contribution in [0.25, 0.3) is 27.6 Å². The summed E-state index contributed by atoms with van der Waals surface area (Å²) in [5, 5.41) is 2.35. The first-order valence-corrected chi connectivity index (χ1v) is 25.4. The molecule has 0 spiro atoms. The van der Waals surface area contributed by atoms with Crippen LogP contribution in [0, 0.1) is 0 Å². The Labute approximate surface area is 422 Å². The number of anilines is 4. The Morgan fingerprint density at radius 2 is 0.972 bits per heavy atom. The average Bonchev–Trinajstić information content (AvgIpc) is 3.89. The molecule has 5 heteroatoms. The van der Waals surface area contributed by atoms with Gasteiger partial charge in [-0.25, -0.2) is 4.98 Å². The number of ether oxygens (including phenoxy) is 1. The van der Waals surface area contributed by atoms with Crippen LogP contribution >= 0.6 is 0 Å². The van der Waals surface area contributed by atoms with Crippen LogP contribution in [0.2, 0.25) is 0 Å². The molecule has 1 aliphatic rings. The largest absolute Gasteiger partial charge is 0.457 e. The molecule has 10 rings (SSSR count). The van der Waals surface area contributed by atoms with Crippen LogP contribution in [-0.2, 0) is 27.1 Å². The third-order valence-electron chi connectivity index (χ3n) is 15.2. The average molecular weight is 935 g/mol. The molecule has 0 radical (unpaired) electrons. The molecule has 0 N–H and O–H groups in total. The second kappa shape index (κ2) is 17.3. The van der Waals surface area contributed by atoms with Gasteiger partial charge in [-0.15, -0.1) is 0 Å². The molecule has 9 aromatic rings. The zero-order valence-electron chi connectivity index (χ0n) is 44.1. The number of rotatable bonds is 9. The number of fused-ring (bicyclic) bond motifs is 4. The van der Waals surface area contributed by atoms with Gasteiger partial charge in [0.1, 0.15) is 24.0 Å². The highest BCUT2D eigenvalue weighted by atomic mass is 16.5. The fourth-order valence-corrected chi connectivity index (χ4v) is 10.3. The van der Waals surface area contributed by atoms with Crippen molar-refractivity contribution in [2.24, 2.45) is 0 Å². The van der Waals surface area contributed by atoms with E-state index in [0.717, 1.165) is 39.4 Å². The van der Waals surface area contributed by atoms with Crippen molar-refractivity contribution >= 4 is 44.6 Å². The zero-order valence-corrected chi connectivity index (χ0v) is 44.1. The number of nitrogens with zero attached hydrogens (tertiary/aromatic N) is 4. The van der Waals surface area contributed by atoms with Gasteiger partial charge in [0.15, 0.2) is 0 Å². The van der Waals surface area contributed by atoms with Crippen molar-refractivity contribution in [1.29, 1.82) is 0 Å². The molecular formula is C66H70N4O. The van der Waals surface area contributed by atoms with E-state index in [1.54, 1.807) is 0 Å². The van der Waals surface area contributed by atoms with Gasteiger partial charge in [0.2, 0.25) is 0 Å². The van der Waals surface area contributed by atoms with Gasteiger partial charge in [-0.05, 0) is 128 Å². The molecule has 5 nitrogen and oxygen atoms in total. The predicted octanol–water partition coefficient (Wildman–Crippen LogP) is 17.8. The van der Waals surface area contributed by atoms with Crippen molar-refractivity contribution in [3.63, 3.8) is 0 Å². The van der Waals surface area contributed by atoms with Crippen molar-refractivity contribution in [1.82, 2.24) is 9.55 Å². The Kier molecular flexibility index (Phi) is 11.6. The topological polar surface area (TPSA) is 33.5 Å². The highest BCUT2D eigenvalue weighted by Crippen LogP contribution is 2.49. The molecule has 2 aromatic heterocycles. The smallest absolute Gasteiger partial charge is 0.137 e. The van der Waals surface area contributed by atoms with Crippen LogP contribution in [0.4, 0.5) is 22.7 Å². The van der Waals surface area contributed by atoms with E-state index in [4.69, 9.17) is 9.72 Å². The highest BCUT2D eigenvalue weighted by molar-refractivity contribution is 6.10. The molecule has 0 atom stereocenters. The van der Waals surface area contributed by atoms with Gasteiger partial charge in [0, 0.05) is 51.3 Å². The normalized spacial score (nSPS) is 13.6. The fourth-order valence-electron chi connectivity index (χ4n) is 10.3. The summed E-state index contributed by atoms with van der Waals surface area (Å²) in [6.07, 6.45) is 1.94. The van der Waals surface area contributed by atoms with Gasteiger partial charge in [0.05, 0.1) is 22.4 Å². The van der Waals surface area contributed by atoms with E-state index < -0.39 is 0 Å². The molecule has 3 heterocycles. The highest BCUT2D eigenvalue weighted by Gasteiger charge is 2.33. The number of aromatic nitrogens is 2. The Morgan fingerprint density at radius 1 is 0.380 bits per heavy atom. The molecule has 0 unspecified atom stereocenters. The number of pyridine rings is 1. The van der Waals surface area contributed by atoms with E-state index in [2.05, 4.69) is 274 Å². The molecule has 1 aliphatic heterocycles. The minimum Gasteiger partial charge on any atom is -0.457 e. The molecular weight excluding hydrogens is 865 g/mol. The van der Waals surface area contributed by atoms with Crippen LogP contribution in [0.1, 0.15) is 129 Å². The molecule has 0 aliphatic carbocycles. The third kappa shape index (κ3) is 8.90. The summed E-state index contributed by atoms with van der Waals surface area (Å²) < 4.78 is 9.25. The number of hydrogen-bond acceptors (Lipinski definition) is 4. The summed E-state index contributed by atoms with van der Waals surface area (Å²) in [4.78, 5) is 9.96. The van der Waals surface area contributed by atoms with E-state index >= 15 is 0 Å². The first-order valence-electron chi connectivity index (χ1n) is 25.4. The lowest BCUT2D eigenvalue weighted by molar-refractivity contribution is 0.483. The minimum atomic E-state index is -0.201. The maximum absolute atomic E-state index is 6.94. The maximum atomic E-state index is 6.94. The summed E-state index contributed by atoms with van der Waals surface area (Å²) in [7, 11) is 0. The summed E-state index contributed by atoms with van der Waals surface area (Å²) in [6, 6.07) is 62.4. The lowest BCUT2D eigenvalue weighted by Gasteiger charge is -2.31. The molecule has 71 heavy (non-hydrogen) atoms. The Bertz CT molecular complexity index is 3430. The Morgan fingerprint density at radius 3 is 1.63 bits per heavy atom. The standard InChI is InChI=1S/C66H70N4O/c1-62(2,3)46-27-32-58-60(39-46)68(43-69(58)52-36-49(64(7,8)9)35-50(37-52)66(12,13)45-23-18-15-19-24-45)51-25-20-26-53(41-51)71-54-29-30-55-56-38-48(65(10,11)44-21-16-14-17-22-44)28-31-57(56)70(59(55)42-54)61-40-47(33-34-67-61)63(4,5)6/h14-42H,43H2,1-13H3. The number of benzene rings is 7. The predicted molar refractivity (Wildman–Crippen MR) is 300 cm³/mol. The minimum absolute atomic E-state index is 0.0253. The summed E-state index contributed by atoms with van der Waals surface area (Å²) >= 11 is 0. The zero-order chi connectivity index (χ0) is 50.3. The van der Waals surface area contributed by atoms with E-state index in [9.17, 15) is 0 Å². The lowest BCUT2D eigenvalue weighted by atomic mass is 9.75. The molecule has 0 saturated carbocycles. The Balaban J connectivity index is 1.05. The van der Waals surface area contributed by atoms with E-state index in [1.807, 2.05) is 6.20 Å². The first kappa shape index (κ1) is 47.6. The van der Waals surface area contributed by atoms with Crippen LogP contribution in [0.5, 0.6) is 11.5 Å². The van der Waals surface area contributed by atoms with Crippen LogP contribution < -0.4 is 14.5 Å². The fraction of sp³-hybridized carbons (Fsp3) is 0.288. The molecule has 0 fully saturated rings. The summed E-state index contributed by atoms with van der Waals surface area (Å²) in [6.45, 7) is 30.6. The van der Waals surface area contributed by atoms with E-state index in [-0.39, 0.29) is 27.1 Å². The van der Waals surface area contributed by atoms with Gasteiger partial charge in [-0.1, -0.05) is 175 Å². The molecule has 0 amide bonds.